The quantitative estimate of drug-likeness (QED) is 0.544. The van der Waals surface area contributed by atoms with Gasteiger partial charge in [0.25, 0.3) is 0 Å². The maximum atomic E-state index is 11.6. The molecule has 0 rings (SSSR count). The van der Waals surface area contributed by atoms with Gasteiger partial charge in [-0.05, 0) is 6.92 Å². The van der Waals surface area contributed by atoms with Crippen molar-refractivity contribution >= 4 is 26.0 Å². The number of hydrogen-bond acceptors (Lipinski definition) is 5. The molecule has 10 heteroatoms. The van der Waals surface area contributed by atoms with Crippen molar-refractivity contribution in [2.75, 3.05) is 31.6 Å². The van der Waals surface area contributed by atoms with Gasteiger partial charge in [0, 0.05) is 20.1 Å². The predicted molar refractivity (Wildman–Crippen MR) is 66.1 cm³/mol. The Hall–Kier alpha value is -0.710. The van der Waals surface area contributed by atoms with Crippen molar-refractivity contribution in [1.82, 2.24) is 9.03 Å². The normalized spacial score (nSPS) is 12.8. The molecule has 0 unspecified atom stereocenters. The summed E-state index contributed by atoms with van der Waals surface area (Å²) in [6.07, 6.45) is -0.295. The summed E-state index contributed by atoms with van der Waals surface area (Å²) in [7, 11) is -5.81. The van der Waals surface area contributed by atoms with Crippen molar-refractivity contribution in [2.45, 2.75) is 13.3 Å². The lowest BCUT2D eigenvalue weighted by Crippen LogP contribution is -2.37. The molecule has 0 bridgehead atoms. The second-order valence-corrected chi connectivity index (χ2v) is 7.87. The minimum absolute atomic E-state index is 0.123. The summed E-state index contributed by atoms with van der Waals surface area (Å²) in [5.41, 5.74) is 0. The highest BCUT2D eigenvalue weighted by molar-refractivity contribution is 7.90. The molecule has 0 spiro atoms. The topological polar surface area (TPSA) is 121 Å². The zero-order valence-corrected chi connectivity index (χ0v) is 11.9. The maximum Gasteiger partial charge on any atom is 0.304 e. The van der Waals surface area contributed by atoms with E-state index in [0.29, 0.717) is 0 Å². The van der Waals surface area contributed by atoms with E-state index >= 15 is 0 Å². The standard InChI is InChI=1S/C8H18N2O6S2/c1-3-17(13,14)9-5-7-18(15,16)10(2)6-4-8(11)12/h9H,3-7H2,1-2H3,(H,11,12). The monoisotopic (exact) mass is 302 g/mol. The van der Waals surface area contributed by atoms with Crippen LogP contribution in [0.4, 0.5) is 0 Å². The lowest BCUT2D eigenvalue weighted by Gasteiger charge is -2.16. The highest BCUT2D eigenvalue weighted by atomic mass is 32.2. The van der Waals surface area contributed by atoms with Gasteiger partial charge in [-0.1, -0.05) is 0 Å². The zero-order valence-electron chi connectivity index (χ0n) is 10.3. The van der Waals surface area contributed by atoms with Crippen LogP contribution in [0.15, 0.2) is 0 Å². The number of aliphatic carboxylic acids is 1. The molecule has 0 saturated heterocycles. The molecule has 18 heavy (non-hydrogen) atoms. The minimum atomic E-state index is -3.64. The van der Waals surface area contributed by atoms with Gasteiger partial charge in [-0.25, -0.2) is 25.9 Å². The molecule has 0 aliphatic rings. The van der Waals surface area contributed by atoms with E-state index < -0.39 is 31.8 Å². The van der Waals surface area contributed by atoms with Crippen molar-refractivity contribution in [3.05, 3.63) is 0 Å². The molecule has 0 aromatic rings. The van der Waals surface area contributed by atoms with Crippen LogP contribution in [0, 0.1) is 0 Å². The maximum absolute atomic E-state index is 11.6. The minimum Gasteiger partial charge on any atom is -0.481 e. The number of carboxylic acid groups (broad SMARTS) is 1. The van der Waals surface area contributed by atoms with E-state index in [1.807, 2.05) is 0 Å². The van der Waals surface area contributed by atoms with Crippen LogP contribution in [0.25, 0.3) is 0 Å². The van der Waals surface area contributed by atoms with Crippen LogP contribution >= 0.6 is 0 Å². The Balaban J connectivity index is 4.27. The highest BCUT2D eigenvalue weighted by Crippen LogP contribution is 1.99. The number of nitrogens with one attached hydrogen (secondary N) is 1. The summed E-state index contributed by atoms with van der Waals surface area (Å²) in [5.74, 6) is -1.62. The van der Waals surface area contributed by atoms with Crippen LogP contribution in [0.2, 0.25) is 0 Å². The number of nitrogens with zero attached hydrogens (tertiary/aromatic N) is 1. The molecule has 0 radical (unpaired) electrons. The number of hydrogen-bond donors (Lipinski definition) is 2. The summed E-state index contributed by atoms with van der Waals surface area (Å²) < 4.78 is 48.4. The molecule has 108 valence electrons. The zero-order chi connectivity index (χ0) is 14.4. The summed E-state index contributed by atoms with van der Waals surface area (Å²) in [5, 5.41) is 8.43. The summed E-state index contributed by atoms with van der Waals surface area (Å²) in [6, 6.07) is 0. The van der Waals surface area contributed by atoms with E-state index in [1.165, 1.54) is 14.0 Å². The summed E-state index contributed by atoms with van der Waals surface area (Å²) in [6.45, 7) is 1.07. The van der Waals surface area contributed by atoms with Crippen LogP contribution < -0.4 is 4.72 Å². The first-order chi connectivity index (χ1) is 8.10. The molecule has 0 saturated carbocycles. The fourth-order valence-electron chi connectivity index (χ4n) is 0.976. The molecule has 0 amide bonds. The van der Waals surface area contributed by atoms with E-state index in [9.17, 15) is 21.6 Å². The smallest absolute Gasteiger partial charge is 0.304 e. The van der Waals surface area contributed by atoms with Gasteiger partial charge in [0.15, 0.2) is 0 Å². The average molecular weight is 302 g/mol. The lowest BCUT2D eigenvalue weighted by atomic mass is 10.4. The van der Waals surface area contributed by atoms with Crippen LogP contribution in [-0.4, -0.2) is 63.9 Å². The molecule has 0 aromatic heterocycles. The Labute approximate surface area is 107 Å². The largest absolute Gasteiger partial charge is 0.481 e. The highest BCUT2D eigenvalue weighted by Gasteiger charge is 2.19. The molecule has 0 aliphatic carbocycles. The molecular formula is C8H18N2O6S2. The third kappa shape index (κ3) is 6.89. The van der Waals surface area contributed by atoms with Gasteiger partial charge < -0.3 is 5.11 Å². The molecule has 8 nitrogen and oxygen atoms in total. The van der Waals surface area contributed by atoms with Gasteiger partial charge >= 0.3 is 5.97 Å². The van der Waals surface area contributed by atoms with Crippen molar-refractivity contribution in [3.8, 4) is 0 Å². The molecule has 0 heterocycles. The van der Waals surface area contributed by atoms with Crippen LogP contribution in [0.5, 0.6) is 0 Å². The third-order valence-corrected chi connectivity index (χ3v) is 5.43. The van der Waals surface area contributed by atoms with Gasteiger partial charge in [-0.2, -0.15) is 0 Å². The Bertz CT molecular complexity index is 470. The molecule has 2 N–H and O–H groups in total. The average Bonchev–Trinajstić information content (AvgIpc) is 2.25. The first-order valence-corrected chi connectivity index (χ1v) is 8.50. The molecule has 0 aromatic carbocycles. The second-order valence-electron chi connectivity index (χ2n) is 3.58. The van der Waals surface area contributed by atoms with Crippen LogP contribution in [0.1, 0.15) is 13.3 Å². The Morgan fingerprint density at radius 2 is 1.83 bits per heavy atom. The first-order valence-electron chi connectivity index (χ1n) is 5.24. The number of carbonyl (C=O) groups is 1. The van der Waals surface area contributed by atoms with Gasteiger partial charge in [0.1, 0.15) is 0 Å². The second kappa shape index (κ2) is 7.02. The summed E-state index contributed by atoms with van der Waals surface area (Å²) >= 11 is 0. The molecular weight excluding hydrogens is 284 g/mol. The number of rotatable bonds is 9. The Kier molecular flexibility index (Phi) is 6.74. The fraction of sp³-hybridized carbons (Fsp3) is 0.875. The van der Waals surface area contributed by atoms with Gasteiger partial charge in [-0.15, -0.1) is 0 Å². The lowest BCUT2D eigenvalue weighted by molar-refractivity contribution is -0.137. The van der Waals surface area contributed by atoms with Gasteiger partial charge in [-0.3, -0.25) is 4.79 Å². The van der Waals surface area contributed by atoms with E-state index in [0.717, 1.165) is 4.31 Å². The number of sulfonamides is 2. The predicted octanol–water partition coefficient (Wildman–Crippen LogP) is -1.34. The van der Waals surface area contributed by atoms with Crippen molar-refractivity contribution in [2.24, 2.45) is 0 Å². The molecule has 0 fully saturated rings. The molecule has 0 aliphatic heterocycles. The van der Waals surface area contributed by atoms with E-state index in [4.69, 9.17) is 5.11 Å². The Morgan fingerprint density at radius 1 is 1.28 bits per heavy atom. The van der Waals surface area contributed by atoms with Crippen molar-refractivity contribution < 1.29 is 26.7 Å². The van der Waals surface area contributed by atoms with Gasteiger partial charge in [0.2, 0.25) is 20.0 Å². The van der Waals surface area contributed by atoms with E-state index in [2.05, 4.69) is 4.72 Å². The van der Waals surface area contributed by atoms with Crippen LogP contribution in [-0.2, 0) is 24.8 Å². The molecule has 0 atom stereocenters. The van der Waals surface area contributed by atoms with E-state index in [-0.39, 0.29) is 25.3 Å². The summed E-state index contributed by atoms with van der Waals surface area (Å²) in [4.78, 5) is 10.3. The first kappa shape index (κ1) is 17.3. The van der Waals surface area contributed by atoms with Crippen molar-refractivity contribution in [3.63, 3.8) is 0 Å². The Morgan fingerprint density at radius 3 is 2.28 bits per heavy atom. The number of carboxylic acids is 1. The van der Waals surface area contributed by atoms with Crippen molar-refractivity contribution in [1.29, 1.82) is 0 Å². The van der Waals surface area contributed by atoms with Crippen LogP contribution in [0.3, 0.4) is 0 Å². The van der Waals surface area contributed by atoms with Gasteiger partial charge in [0.05, 0.1) is 17.9 Å². The van der Waals surface area contributed by atoms with E-state index in [1.54, 1.807) is 0 Å². The fourth-order valence-corrected chi connectivity index (χ4v) is 2.76. The SMILES string of the molecule is CCS(=O)(=O)NCCS(=O)(=O)N(C)CCC(=O)O. The third-order valence-electron chi connectivity index (χ3n) is 2.18.